The number of rotatable bonds is 6. The molecule has 0 radical (unpaired) electrons. The standard InChI is InChI=1S/C21H17F2N3O2/c22-15-5-6-18(23)14(9-15)10-16-11-20(26-28-16)21(27)24-8-7-13-12-25-19-4-2-1-3-17(13)19/h1-6,9,11-12,25H,7-8,10H2,(H,24,27). The number of halogens is 2. The van der Waals surface area contributed by atoms with E-state index in [4.69, 9.17) is 4.52 Å². The second kappa shape index (κ2) is 7.64. The van der Waals surface area contributed by atoms with Crippen molar-refractivity contribution in [3.63, 3.8) is 0 Å². The Morgan fingerprint density at radius 2 is 1.96 bits per heavy atom. The van der Waals surface area contributed by atoms with E-state index in [1.807, 2.05) is 30.5 Å². The first-order valence-electron chi connectivity index (χ1n) is 8.83. The molecule has 2 aromatic carbocycles. The number of nitrogens with one attached hydrogen (secondary N) is 2. The number of fused-ring (bicyclic) bond motifs is 1. The van der Waals surface area contributed by atoms with Crippen LogP contribution in [0.25, 0.3) is 10.9 Å². The summed E-state index contributed by atoms with van der Waals surface area (Å²) >= 11 is 0. The minimum atomic E-state index is -0.539. The number of carbonyl (C=O) groups is 1. The largest absolute Gasteiger partial charge is 0.361 e. The zero-order chi connectivity index (χ0) is 19.5. The van der Waals surface area contributed by atoms with Crippen molar-refractivity contribution in [3.8, 4) is 0 Å². The van der Waals surface area contributed by atoms with Crippen LogP contribution in [0.15, 0.2) is 59.3 Å². The van der Waals surface area contributed by atoms with Gasteiger partial charge in [0.05, 0.1) is 0 Å². The molecule has 0 fully saturated rings. The molecule has 28 heavy (non-hydrogen) atoms. The van der Waals surface area contributed by atoms with Crippen molar-refractivity contribution in [2.75, 3.05) is 6.54 Å². The third kappa shape index (κ3) is 3.78. The minimum absolute atomic E-state index is 0.0131. The van der Waals surface area contributed by atoms with Crippen LogP contribution in [-0.2, 0) is 12.8 Å². The second-order valence-corrected chi connectivity index (χ2v) is 6.46. The van der Waals surface area contributed by atoms with Crippen LogP contribution in [0, 0.1) is 11.6 Å². The number of carbonyl (C=O) groups excluding carboxylic acids is 1. The summed E-state index contributed by atoms with van der Waals surface area (Å²) in [6, 6.07) is 12.6. The van der Waals surface area contributed by atoms with Crippen LogP contribution in [-0.4, -0.2) is 22.6 Å². The number of hydrogen-bond donors (Lipinski definition) is 2. The molecule has 7 heteroatoms. The second-order valence-electron chi connectivity index (χ2n) is 6.46. The third-order valence-electron chi connectivity index (χ3n) is 4.52. The summed E-state index contributed by atoms with van der Waals surface area (Å²) in [5.41, 5.74) is 2.40. The van der Waals surface area contributed by atoms with E-state index in [2.05, 4.69) is 15.5 Å². The Bertz CT molecular complexity index is 1130. The average Bonchev–Trinajstić information content (AvgIpc) is 3.32. The first-order chi connectivity index (χ1) is 13.6. The monoisotopic (exact) mass is 381 g/mol. The van der Waals surface area contributed by atoms with Gasteiger partial charge in [-0.2, -0.15) is 0 Å². The Morgan fingerprint density at radius 1 is 1.11 bits per heavy atom. The molecule has 0 atom stereocenters. The highest BCUT2D eigenvalue weighted by Gasteiger charge is 2.14. The summed E-state index contributed by atoms with van der Waals surface area (Å²) in [4.78, 5) is 15.4. The van der Waals surface area contributed by atoms with Gasteiger partial charge in [-0.15, -0.1) is 0 Å². The maximum atomic E-state index is 13.7. The lowest BCUT2D eigenvalue weighted by atomic mass is 10.1. The molecule has 0 aliphatic heterocycles. The van der Waals surface area contributed by atoms with Gasteiger partial charge in [0.1, 0.15) is 17.4 Å². The first-order valence-corrected chi connectivity index (χ1v) is 8.83. The van der Waals surface area contributed by atoms with Crippen LogP contribution in [0.5, 0.6) is 0 Å². The van der Waals surface area contributed by atoms with E-state index in [0.29, 0.717) is 13.0 Å². The predicted molar refractivity (Wildman–Crippen MR) is 100 cm³/mol. The van der Waals surface area contributed by atoms with Gasteiger partial charge in [0.15, 0.2) is 5.69 Å². The molecule has 0 saturated carbocycles. The molecule has 2 aromatic heterocycles. The molecule has 142 valence electrons. The van der Waals surface area contributed by atoms with E-state index < -0.39 is 11.6 Å². The zero-order valence-corrected chi connectivity index (χ0v) is 14.8. The van der Waals surface area contributed by atoms with Crippen molar-refractivity contribution in [1.82, 2.24) is 15.5 Å². The number of aromatic nitrogens is 2. The molecule has 2 N–H and O–H groups in total. The van der Waals surface area contributed by atoms with Crippen molar-refractivity contribution < 1.29 is 18.1 Å². The van der Waals surface area contributed by atoms with Crippen molar-refractivity contribution in [1.29, 1.82) is 0 Å². The molecular weight excluding hydrogens is 364 g/mol. The van der Waals surface area contributed by atoms with Crippen LogP contribution >= 0.6 is 0 Å². The number of para-hydroxylation sites is 1. The normalized spacial score (nSPS) is 11.1. The smallest absolute Gasteiger partial charge is 0.273 e. The number of aromatic amines is 1. The molecule has 0 unspecified atom stereocenters. The molecular formula is C21H17F2N3O2. The van der Waals surface area contributed by atoms with Gasteiger partial charge >= 0.3 is 0 Å². The lowest BCUT2D eigenvalue weighted by Gasteiger charge is -2.02. The van der Waals surface area contributed by atoms with E-state index in [9.17, 15) is 13.6 Å². The molecule has 0 spiro atoms. The molecule has 2 heterocycles. The quantitative estimate of drug-likeness (QED) is 0.530. The number of amides is 1. The van der Waals surface area contributed by atoms with Gasteiger partial charge in [0.25, 0.3) is 5.91 Å². The van der Waals surface area contributed by atoms with E-state index >= 15 is 0 Å². The minimum Gasteiger partial charge on any atom is -0.361 e. The van der Waals surface area contributed by atoms with Crippen molar-refractivity contribution in [3.05, 3.63) is 88.9 Å². The van der Waals surface area contributed by atoms with Crippen LogP contribution < -0.4 is 5.32 Å². The topological polar surface area (TPSA) is 70.9 Å². The summed E-state index contributed by atoms with van der Waals surface area (Å²) in [6.07, 6.45) is 2.60. The van der Waals surface area contributed by atoms with Gasteiger partial charge in [-0.3, -0.25) is 4.79 Å². The van der Waals surface area contributed by atoms with Crippen molar-refractivity contribution in [2.45, 2.75) is 12.8 Å². The molecule has 0 aliphatic rings. The summed E-state index contributed by atoms with van der Waals surface area (Å²) in [7, 11) is 0. The number of nitrogens with zero attached hydrogens (tertiary/aromatic N) is 1. The summed E-state index contributed by atoms with van der Waals surface area (Å²) < 4.78 is 32.1. The fourth-order valence-electron chi connectivity index (χ4n) is 3.11. The van der Waals surface area contributed by atoms with E-state index in [-0.39, 0.29) is 29.3 Å². The SMILES string of the molecule is O=C(NCCc1c[nH]c2ccccc12)c1cc(Cc2cc(F)ccc2F)on1. The van der Waals surface area contributed by atoms with Gasteiger partial charge < -0.3 is 14.8 Å². The molecule has 0 bridgehead atoms. The molecule has 4 rings (SSSR count). The Morgan fingerprint density at radius 3 is 2.86 bits per heavy atom. The van der Waals surface area contributed by atoms with Crippen LogP contribution in [0.1, 0.15) is 27.4 Å². The zero-order valence-electron chi connectivity index (χ0n) is 14.8. The van der Waals surface area contributed by atoms with Crippen LogP contribution in [0.2, 0.25) is 0 Å². The number of benzene rings is 2. The van der Waals surface area contributed by atoms with Gasteiger partial charge in [0, 0.05) is 36.1 Å². The number of hydrogen-bond acceptors (Lipinski definition) is 3. The Balaban J connectivity index is 1.36. The molecule has 0 aliphatic carbocycles. The third-order valence-corrected chi connectivity index (χ3v) is 4.52. The van der Waals surface area contributed by atoms with Gasteiger partial charge in [-0.05, 0) is 41.8 Å². The Hall–Kier alpha value is -3.48. The fourth-order valence-corrected chi connectivity index (χ4v) is 3.11. The Labute approximate surface area is 159 Å². The van der Waals surface area contributed by atoms with E-state index in [1.165, 1.54) is 6.07 Å². The van der Waals surface area contributed by atoms with Crippen molar-refractivity contribution >= 4 is 16.8 Å². The van der Waals surface area contributed by atoms with Gasteiger partial charge in [-0.25, -0.2) is 8.78 Å². The predicted octanol–water partition coefficient (Wildman–Crippen LogP) is 4.00. The highest BCUT2D eigenvalue weighted by atomic mass is 19.1. The fraction of sp³-hybridized carbons (Fsp3) is 0.143. The average molecular weight is 381 g/mol. The molecule has 1 amide bonds. The first kappa shape index (κ1) is 17.9. The summed E-state index contributed by atoms with van der Waals surface area (Å²) in [5, 5.41) is 7.63. The maximum Gasteiger partial charge on any atom is 0.273 e. The molecule has 0 saturated heterocycles. The Kier molecular flexibility index (Phi) is 4.89. The van der Waals surface area contributed by atoms with Crippen LogP contribution in [0.3, 0.4) is 0 Å². The summed E-state index contributed by atoms with van der Waals surface area (Å²) in [6.45, 7) is 0.432. The lowest BCUT2D eigenvalue weighted by molar-refractivity contribution is 0.0945. The van der Waals surface area contributed by atoms with Gasteiger partial charge in [-0.1, -0.05) is 23.4 Å². The van der Waals surface area contributed by atoms with E-state index in [1.54, 1.807) is 0 Å². The van der Waals surface area contributed by atoms with Crippen molar-refractivity contribution in [2.24, 2.45) is 0 Å². The van der Waals surface area contributed by atoms with Crippen LogP contribution in [0.4, 0.5) is 8.78 Å². The van der Waals surface area contributed by atoms with Gasteiger partial charge in [0.2, 0.25) is 0 Å². The highest BCUT2D eigenvalue weighted by molar-refractivity contribution is 5.92. The summed E-state index contributed by atoms with van der Waals surface area (Å²) in [5.74, 6) is -1.17. The number of H-pyrrole nitrogens is 1. The molecule has 4 aromatic rings. The molecule has 5 nitrogen and oxygen atoms in total. The maximum absolute atomic E-state index is 13.7. The highest BCUT2D eigenvalue weighted by Crippen LogP contribution is 2.18. The lowest BCUT2D eigenvalue weighted by Crippen LogP contribution is -2.25. The van der Waals surface area contributed by atoms with E-state index in [0.717, 1.165) is 34.7 Å².